The van der Waals surface area contributed by atoms with Gasteiger partial charge >= 0.3 is 0 Å². The molecule has 150 valence electrons. The number of nitrogens with zero attached hydrogens (tertiary/aromatic N) is 2. The first-order valence-electron chi connectivity index (χ1n) is 9.31. The average Bonchev–Trinajstić information content (AvgIpc) is 3.21. The molecule has 0 saturated carbocycles. The third kappa shape index (κ3) is 4.36. The molecule has 2 aromatic heterocycles. The number of carbonyl (C=O) groups is 1. The number of halogens is 1. The topological polar surface area (TPSA) is 66.9 Å². The van der Waals surface area contributed by atoms with E-state index >= 15 is 0 Å². The molecule has 0 aliphatic heterocycles. The lowest BCUT2D eigenvalue weighted by molar-refractivity contribution is 0.102. The fourth-order valence-corrected chi connectivity index (χ4v) is 3.61. The lowest BCUT2D eigenvalue weighted by atomic mass is 10.1. The Morgan fingerprint density at radius 1 is 1.00 bits per heavy atom. The molecule has 0 bridgehead atoms. The molecule has 0 atom stereocenters. The van der Waals surface area contributed by atoms with Gasteiger partial charge < -0.3 is 10.6 Å². The molecule has 4 aromatic rings. The number of anilines is 3. The fraction of sp³-hybridized carbons (Fsp3) is 0.0870. The number of aryl methyl sites for hydroxylation is 2. The lowest BCUT2D eigenvalue weighted by Crippen LogP contribution is -2.12. The van der Waals surface area contributed by atoms with Gasteiger partial charge in [0.1, 0.15) is 5.82 Å². The van der Waals surface area contributed by atoms with Gasteiger partial charge in [-0.1, -0.05) is 12.1 Å². The molecule has 4 rings (SSSR count). The second-order valence-corrected chi connectivity index (χ2v) is 7.70. The fourth-order valence-electron chi connectivity index (χ4n) is 2.87. The van der Waals surface area contributed by atoms with Crippen LogP contribution in [0.1, 0.15) is 21.5 Å². The maximum Gasteiger partial charge on any atom is 0.255 e. The smallest absolute Gasteiger partial charge is 0.255 e. The molecular formula is C23H19FN4OS. The van der Waals surface area contributed by atoms with Gasteiger partial charge in [-0.05, 0) is 61.4 Å². The second-order valence-electron chi connectivity index (χ2n) is 6.85. The third-order valence-corrected chi connectivity index (χ3v) is 5.41. The molecule has 1 amide bonds. The van der Waals surface area contributed by atoms with Crippen molar-refractivity contribution in [3.05, 3.63) is 88.8 Å². The van der Waals surface area contributed by atoms with E-state index < -0.39 is 0 Å². The number of rotatable bonds is 5. The predicted octanol–water partition coefficient (Wildman–Crippen LogP) is 5.96. The quantitative estimate of drug-likeness (QED) is 0.420. The molecular weight excluding hydrogens is 399 g/mol. The summed E-state index contributed by atoms with van der Waals surface area (Å²) in [6, 6.07) is 13.8. The predicted molar refractivity (Wildman–Crippen MR) is 119 cm³/mol. The van der Waals surface area contributed by atoms with E-state index in [0.29, 0.717) is 16.8 Å². The monoisotopic (exact) mass is 418 g/mol. The van der Waals surface area contributed by atoms with Crippen LogP contribution in [0.3, 0.4) is 0 Å². The van der Waals surface area contributed by atoms with Crippen molar-refractivity contribution in [2.45, 2.75) is 13.8 Å². The van der Waals surface area contributed by atoms with Gasteiger partial charge in [0.05, 0.1) is 5.69 Å². The highest BCUT2D eigenvalue weighted by Crippen LogP contribution is 2.28. The summed E-state index contributed by atoms with van der Waals surface area (Å²) >= 11 is 1.48. The third-order valence-electron chi connectivity index (χ3n) is 4.65. The number of thiazole rings is 1. The number of carbonyl (C=O) groups excluding carboxylic acids is 1. The summed E-state index contributed by atoms with van der Waals surface area (Å²) < 4.78 is 13.7. The summed E-state index contributed by atoms with van der Waals surface area (Å²) in [7, 11) is 0. The Labute approximate surface area is 177 Å². The van der Waals surface area contributed by atoms with E-state index in [1.54, 1.807) is 43.6 Å². The van der Waals surface area contributed by atoms with Crippen LogP contribution in [0.25, 0.3) is 11.3 Å². The molecule has 0 aliphatic rings. The summed E-state index contributed by atoms with van der Waals surface area (Å²) in [5.74, 6) is -0.661. The number of pyridine rings is 1. The van der Waals surface area contributed by atoms with Crippen LogP contribution in [0.5, 0.6) is 0 Å². The van der Waals surface area contributed by atoms with Crippen LogP contribution in [0.4, 0.5) is 20.9 Å². The maximum atomic E-state index is 13.7. The van der Waals surface area contributed by atoms with Crippen LogP contribution in [0, 0.1) is 19.7 Å². The van der Waals surface area contributed by atoms with Crippen molar-refractivity contribution in [1.29, 1.82) is 0 Å². The number of amides is 1. The van der Waals surface area contributed by atoms with E-state index in [9.17, 15) is 9.18 Å². The summed E-state index contributed by atoms with van der Waals surface area (Å²) in [5.41, 5.74) is 5.03. The normalized spacial score (nSPS) is 10.6. The highest BCUT2D eigenvalue weighted by Gasteiger charge is 2.11. The minimum absolute atomic E-state index is 0.307. The Bertz CT molecular complexity index is 1210. The minimum atomic E-state index is -0.354. The minimum Gasteiger partial charge on any atom is -0.331 e. The zero-order valence-corrected chi connectivity index (χ0v) is 17.3. The van der Waals surface area contributed by atoms with Gasteiger partial charge in [-0.15, -0.1) is 11.3 Å². The first kappa shape index (κ1) is 19.7. The Morgan fingerprint density at radius 3 is 2.53 bits per heavy atom. The van der Waals surface area contributed by atoms with Crippen LogP contribution in [-0.4, -0.2) is 15.9 Å². The van der Waals surface area contributed by atoms with Gasteiger partial charge in [0, 0.05) is 40.3 Å². The zero-order valence-electron chi connectivity index (χ0n) is 16.4. The molecule has 0 aliphatic carbocycles. The van der Waals surface area contributed by atoms with E-state index in [4.69, 9.17) is 0 Å². The average molecular weight is 418 g/mol. The Morgan fingerprint density at radius 2 is 1.77 bits per heavy atom. The molecule has 30 heavy (non-hydrogen) atoms. The van der Waals surface area contributed by atoms with Crippen molar-refractivity contribution < 1.29 is 9.18 Å². The summed E-state index contributed by atoms with van der Waals surface area (Å²) in [6.07, 6.45) is 3.46. The SMILES string of the molecule is Cc1ccc(NC(=O)c2ccc(C)c(Nc3nc(-c4ccncc4)cs3)c2)cc1F. The van der Waals surface area contributed by atoms with Crippen LogP contribution in [-0.2, 0) is 0 Å². The van der Waals surface area contributed by atoms with Crippen molar-refractivity contribution in [2.75, 3.05) is 10.6 Å². The van der Waals surface area contributed by atoms with Crippen molar-refractivity contribution >= 4 is 33.8 Å². The Balaban J connectivity index is 1.52. The number of nitrogens with one attached hydrogen (secondary N) is 2. The first-order chi connectivity index (χ1) is 14.5. The van der Waals surface area contributed by atoms with Gasteiger partial charge in [-0.25, -0.2) is 9.37 Å². The summed E-state index contributed by atoms with van der Waals surface area (Å²) in [6.45, 7) is 3.63. The standard InChI is InChI=1S/C23H19FN4OS/c1-14-4-6-18(12-19(14)24)26-22(29)17-5-3-15(2)20(11-17)27-23-28-21(13-30-23)16-7-9-25-10-8-16/h3-13H,1-2H3,(H,26,29)(H,27,28). The second kappa shape index (κ2) is 8.42. The van der Waals surface area contributed by atoms with E-state index in [0.717, 1.165) is 27.6 Å². The summed E-state index contributed by atoms with van der Waals surface area (Å²) in [4.78, 5) is 21.3. The highest BCUT2D eigenvalue weighted by molar-refractivity contribution is 7.14. The van der Waals surface area contributed by atoms with Crippen LogP contribution < -0.4 is 10.6 Å². The number of aromatic nitrogens is 2. The van der Waals surface area contributed by atoms with Gasteiger partial charge in [0.15, 0.2) is 5.13 Å². The number of benzene rings is 2. The molecule has 0 unspecified atom stereocenters. The van der Waals surface area contributed by atoms with Crippen LogP contribution in [0.2, 0.25) is 0 Å². The van der Waals surface area contributed by atoms with Crippen molar-refractivity contribution in [3.8, 4) is 11.3 Å². The Hall–Kier alpha value is -3.58. The zero-order chi connectivity index (χ0) is 21.1. The summed E-state index contributed by atoms with van der Waals surface area (Å²) in [5, 5.41) is 8.72. The molecule has 2 N–H and O–H groups in total. The van der Waals surface area contributed by atoms with Crippen LogP contribution in [0.15, 0.2) is 66.3 Å². The largest absolute Gasteiger partial charge is 0.331 e. The van der Waals surface area contributed by atoms with Crippen molar-refractivity contribution in [2.24, 2.45) is 0 Å². The molecule has 7 heteroatoms. The highest BCUT2D eigenvalue weighted by atomic mass is 32.1. The maximum absolute atomic E-state index is 13.7. The molecule has 0 saturated heterocycles. The van der Waals surface area contributed by atoms with Crippen molar-refractivity contribution in [1.82, 2.24) is 9.97 Å². The molecule has 0 fully saturated rings. The number of hydrogen-bond donors (Lipinski definition) is 2. The molecule has 2 aromatic carbocycles. The van der Waals surface area contributed by atoms with E-state index in [1.807, 2.05) is 30.5 Å². The van der Waals surface area contributed by atoms with E-state index in [1.165, 1.54) is 17.4 Å². The van der Waals surface area contributed by atoms with Crippen LogP contribution >= 0.6 is 11.3 Å². The van der Waals surface area contributed by atoms with Gasteiger partial charge in [-0.2, -0.15) is 0 Å². The molecule has 0 radical (unpaired) electrons. The van der Waals surface area contributed by atoms with E-state index in [-0.39, 0.29) is 11.7 Å². The van der Waals surface area contributed by atoms with Gasteiger partial charge in [0.25, 0.3) is 5.91 Å². The first-order valence-corrected chi connectivity index (χ1v) is 10.2. The Kier molecular flexibility index (Phi) is 5.54. The molecule has 2 heterocycles. The van der Waals surface area contributed by atoms with E-state index in [2.05, 4.69) is 20.6 Å². The number of hydrogen-bond acceptors (Lipinski definition) is 5. The van der Waals surface area contributed by atoms with Gasteiger partial charge in [-0.3, -0.25) is 9.78 Å². The molecule has 0 spiro atoms. The van der Waals surface area contributed by atoms with Gasteiger partial charge in [0.2, 0.25) is 0 Å². The lowest BCUT2D eigenvalue weighted by Gasteiger charge is -2.11. The van der Waals surface area contributed by atoms with Crippen molar-refractivity contribution in [3.63, 3.8) is 0 Å². The molecule has 5 nitrogen and oxygen atoms in total.